The molecule has 0 unspecified atom stereocenters. The SMILES string of the molecule is COc1cc(/C=N\NC(=O)C(=O)Nc2cccc(Cl)c2)ccc1OCC(=O)Nc1ccc(F)cc1. The van der Waals surface area contributed by atoms with Gasteiger partial charge in [0.15, 0.2) is 18.1 Å². The smallest absolute Gasteiger partial charge is 0.329 e. The first-order valence-corrected chi connectivity index (χ1v) is 10.5. The highest BCUT2D eigenvalue weighted by Crippen LogP contribution is 2.27. The second kappa shape index (κ2) is 12.1. The third kappa shape index (κ3) is 7.83. The molecule has 3 amide bonds. The van der Waals surface area contributed by atoms with Crippen molar-refractivity contribution < 1.29 is 28.2 Å². The molecule has 0 spiro atoms. The van der Waals surface area contributed by atoms with Crippen LogP contribution in [-0.2, 0) is 14.4 Å². The van der Waals surface area contributed by atoms with Gasteiger partial charge in [-0.05, 0) is 66.2 Å². The third-order valence-electron chi connectivity index (χ3n) is 4.34. The van der Waals surface area contributed by atoms with Gasteiger partial charge in [-0.25, -0.2) is 9.82 Å². The van der Waals surface area contributed by atoms with Crippen molar-refractivity contribution in [3.8, 4) is 11.5 Å². The number of methoxy groups -OCH3 is 1. The number of rotatable bonds is 8. The lowest BCUT2D eigenvalue weighted by Crippen LogP contribution is -2.32. The van der Waals surface area contributed by atoms with Crippen molar-refractivity contribution in [1.29, 1.82) is 0 Å². The molecule has 0 aliphatic carbocycles. The van der Waals surface area contributed by atoms with Gasteiger partial charge in [0, 0.05) is 16.4 Å². The van der Waals surface area contributed by atoms with E-state index in [9.17, 15) is 18.8 Å². The van der Waals surface area contributed by atoms with Crippen molar-refractivity contribution in [2.24, 2.45) is 5.10 Å². The molecule has 0 fully saturated rings. The number of hydrogen-bond donors (Lipinski definition) is 3. The van der Waals surface area contributed by atoms with Gasteiger partial charge in [0.05, 0.1) is 13.3 Å². The monoisotopic (exact) mass is 498 g/mol. The van der Waals surface area contributed by atoms with Gasteiger partial charge in [-0.1, -0.05) is 17.7 Å². The van der Waals surface area contributed by atoms with Gasteiger partial charge >= 0.3 is 11.8 Å². The summed E-state index contributed by atoms with van der Waals surface area (Å²) < 4.78 is 23.7. The van der Waals surface area contributed by atoms with Crippen LogP contribution in [0.4, 0.5) is 15.8 Å². The van der Waals surface area contributed by atoms with Gasteiger partial charge in [-0.2, -0.15) is 5.10 Å². The van der Waals surface area contributed by atoms with Crippen LogP contribution in [-0.4, -0.2) is 37.7 Å². The first-order chi connectivity index (χ1) is 16.8. The molecule has 3 rings (SSSR count). The number of hydrazone groups is 1. The summed E-state index contributed by atoms with van der Waals surface area (Å²) in [6.07, 6.45) is 1.30. The largest absolute Gasteiger partial charge is 0.493 e. The summed E-state index contributed by atoms with van der Waals surface area (Å²) >= 11 is 5.84. The summed E-state index contributed by atoms with van der Waals surface area (Å²) in [4.78, 5) is 35.9. The molecule has 9 nitrogen and oxygen atoms in total. The molecule has 0 radical (unpaired) electrons. The Balaban J connectivity index is 1.52. The van der Waals surface area contributed by atoms with Crippen LogP contribution in [0.15, 0.2) is 71.8 Å². The number of hydrogen-bond acceptors (Lipinski definition) is 6. The van der Waals surface area contributed by atoms with Crippen LogP contribution in [0.3, 0.4) is 0 Å². The normalized spacial score (nSPS) is 10.5. The number of benzene rings is 3. The maximum absolute atomic E-state index is 13.0. The average molecular weight is 499 g/mol. The molecular weight excluding hydrogens is 479 g/mol. The summed E-state index contributed by atoms with van der Waals surface area (Å²) in [5.74, 6) is -2.13. The second-order valence-electron chi connectivity index (χ2n) is 6.92. The molecule has 0 atom stereocenters. The maximum atomic E-state index is 13.0. The zero-order valence-corrected chi connectivity index (χ0v) is 19.1. The van der Waals surface area contributed by atoms with Crippen LogP contribution in [0.5, 0.6) is 11.5 Å². The molecule has 11 heteroatoms. The average Bonchev–Trinajstić information content (AvgIpc) is 2.84. The van der Waals surface area contributed by atoms with Crippen LogP contribution < -0.4 is 25.5 Å². The Bertz CT molecular complexity index is 1250. The Morgan fingerprint density at radius 3 is 2.43 bits per heavy atom. The number of carbonyl (C=O) groups excluding carboxylic acids is 3. The Labute approximate surface area is 204 Å². The molecule has 0 aliphatic rings. The van der Waals surface area contributed by atoms with E-state index in [1.165, 1.54) is 43.7 Å². The van der Waals surface area contributed by atoms with Crippen LogP contribution in [0.1, 0.15) is 5.56 Å². The highest BCUT2D eigenvalue weighted by Gasteiger charge is 2.13. The summed E-state index contributed by atoms with van der Waals surface area (Å²) in [5, 5.41) is 9.15. The number of halogens is 2. The van der Waals surface area contributed by atoms with Crippen LogP contribution >= 0.6 is 11.6 Å². The van der Waals surface area contributed by atoms with Gasteiger partial charge in [0.2, 0.25) is 0 Å². The van der Waals surface area contributed by atoms with Crippen molar-refractivity contribution in [2.45, 2.75) is 0 Å². The van der Waals surface area contributed by atoms with Crippen LogP contribution in [0.2, 0.25) is 5.02 Å². The first-order valence-electron chi connectivity index (χ1n) is 10.1. The van der Waals surface area contributed by atoms with E-state index in [2.05, 4.69) is 21.2 Å². The Morgan fingerprint density at radius 2 is 1.71 bits per heavy atom. The molecular formula is C24H20ClFN4O5. The lowest BCUT2D eigenvalue weighted by molar-refractivity contribution is -0.136. The molecule has 0 aliphatic heterocycles. The van der Waals surface area contributed by atoms with Crippen LogP contribution in [0, 0.1) is 5.82 Å². The lowest BCUT2D eigenvalue weighted by Gasteiger charge is -2.11. The molecule has 0 aromatic heterocycles. The zero-order valence-electron chi connectivity index (χ0n) is 18.4. The first kappa shape index (κ1) is 25.2. The quantitative estimate of drug-likeness (QED) is 0.249. The predicted molar refractivity (Wildman–Crippen MR) is 129 cm³/mol. The van der Waals surface area contributed by atoms with E-state index in [4.69, 9.17) is 21.1 Å². The van der Waals surface area contributed by atoms with Crippen LogP contribution in [0.25, 0.3) is 0 Å². The van der Waals surface area contributed by atoms with Crippen molar-refractivity contribution in [1.82, 2.24) is 5.43 Å². The molecule has 180 valence electrons. The fourth-order valence-corrected chi connectivity index (χ4v) is 2.92. The van der Waals surface area contributed by atoms with Gasteiger partial charge in [-0.15, -0.1) is 0 Å². The van der Waals surface area contributed by atoms with Gasteiger partial charge in [0.1, 0.15) is 5.82 Å². The summed E-state index contributed by atoms with van der Waals surface area (Å²) in [6, 6.07) is 16.4. The van der Waals surface area contributed by atoms with E-state index in [-0.39, 0.29) is 6.61 Å². The Morgan fingerprint density at radius 1 is 0.943 bits per heavy atom. The van der Waals surface area contributed by atoms with E-state index < -0.39 is 23.5 Å². The van der Waals surface area contributed by atoms with E-state index in [0.29, 0.717) is 33.5 Å². The number of ether oxygens (including phenoxy) is 2. The Hall–Kier alpha value is -4.44. The molecule has 3 N–H and O–H groups in total. The topological polar surface area (TPSA) is 118 Å². The third-order valence-corrected chi connectivity index (χ3v) is 4.58. The molecule has 0 bridgehead atoms. The van der Waals surface area contributed by atoms with Gasteiger partial charge < -0.3 is 20.1 Å². The number of nitrogens with one attached hydrogen (secondary N) is 3. The molecule has 3 aromatic carbocycles. The van der Waals surface area contributed by atoms with Crippen molar-refractivity contribution >= 4 is 46.9 Å². The van der Waals surface area contributed by atoms with Gasteiger partial charge in [-0.3, -0.25) is 14.4 Å². The molecule has 0 saturated heterocycles. The summed E-state index contributed by atoms with van der Waals surface area (Å²) in [5.41, 5.74) is 3.45. The molecule has 35 heavy (non-hydrogen) atoms. The molecule has 0 saturated carbocycles. The standard InChI is InChI=1S/C24H20ClFN4O5/c1-34-21-11-15(13-27-30-24(33)23(32)29-19-4-2-3-16(25)12-19)5-10-20(21)35-14-22(31)28-18-8-6-17(26)7-9-18/h2-13H,14H2,1H3,(H,28,31)(H,29,32)(H,30,33)/b27-13-. The zero-order chi connectivity index (χ0) is 25.2. The van der Waals surface area contributed by atoms with E-state index >= 15 is 0 Å². The Kier molecular flexibility index (Phi) is 8.74. The summed E-state index contributed by atoms with van der Waals surface area (Å²) in [7, 11) is 1.42. The predicted octanol–water partition coefficient (Wildman–Crippen LogP) is 3.59. The number of nitrogens with zero attached hydrogens (tertiary/aromatic N) is 1. The summed E-state index contributed by atoms with van der Waals surface area (Å²) in [6.45, 7) is -0.307. The molecule has 3 aromatic rings. The second-order valence-corrected chi connectivity index (χ2v) is 7.35. The maximum Gasteiger partial charge on any atom is 0.329 e. The fourth-order valence-electron chi connectivity index (χ4n) is 2.73. The number of amides is 3. The highest BCUT2D eigenvalue weighted by molar-refractivity contribution is 6.39. The van der Waals surface area contributed by atoms with Crippen molar-refractivity contribution in [3.63, 3.8) is 0 Å². The lowest BCUT2D eigenvalue weighted by atomic mass is 10.2. The number of anilines is 2. The van der Waals surface area contributed by atoms with Gasteiger partial charge in [0.25, 0.3) is 5.91 Å². The minimum Gasteiger partial charge on any atom is -0.493 e. The number of carbonyl (C=O) groups is 3. The van der Waals surface area contributed by atoms with Crippen molar-refractivity contribution in [2.75, 3.05) is 24.4 Å². The highest BCUT2D eigenvalue weighted by atomic mass is 35.5. The van der Waals surface area contributed by atoms with E-state index in [1.54, 1.807) is 36.4 Å². The van der Waals surface area contributed by atoms with Crippen molar-refractivity contribution in [3.05, 3.63) is 83.1 Å². The van der Waals surface area contributed by atoms with E-state index in [0.717, 1.165) is 0 Å². The van der Waals surface area contributed by atoms with E-state index in [1.807, 2.05) is 0 Å². The minimum atomic E-state index is -0.972. The minimum absolute atomic E-state index is 0.295. The molecule has 0 heterocycles. The fraction of sp³-hybridized carbons (Fsp3) is 0.0833.